The van der Waals surface area contributed by atoms with E-state index in [4.69, 9.17) is 16.3 Å². The second-order valence-electron chi connectivity index (χ2n) is 6.39. The third-order valence-corrected chi connectivity index (χ3v) is 4.73. The molecule has 2 aromatic carbocycles. The first kappa shape index (κ1) is 19.5. The van der Waals surface area contributed by atoms with Crippen molar-refractivity contribution in [1.29, 1.82) is 0 Å². The van der Waals surface area contributed by atoms with Crippen LogP contribution < -0.4 is 5.32 Å². The molecule has 1 amide bonds. The third-order valence-electron chi connectivity index (χ3n) is 4.40. The molecule has 3 rings (SSSR count). The Morgan fingerprint density at radius 3 is 2.56 bits per heavy atom. The van der Waals surface area contributed by atoms with E-state index in [2.05, 4.69) is 22.3 Å². The number of nitrogens with one attached hydrogen (secondary N) is 1. The van der Waals surface area contributed by atoms with Gasteiger partial charge in [-0.15, -0.1) is 0 Å². The van der Waals surface area contributed by atoms with Crippen molar-refractivity contribution in [3.8, 4) is 0 Å². The van der Waals surface area contributed by atoms with Gasteiger partial charge in [-0.1, -0.05) is 41.9 Å². The highest BCUT2D eigenvalue weighted by atomic mass is 35.5. The molecule has 142 valence electrons. The molecule has 1 aliphatic heterocycles. The van der Waals surface area contributed by atoms with Gasteiger partial charge in [-0.2, -0.15) is 0 Å². The van der Waals surface area contributed by atoms with Crippen molar-refractivity contribution in [2.24, 2.45) is 0 Å². The molecule has 4 nitrogen and oxygen atoms in total. The number of nitrogens with zero attached hydrogens (tertiary/aromatic N) is 1. The van der Waals surface area contributed by atoms with Crippen LogP contribution in [0.3, 0.4) is 0 Å². The summed E-state index contributed by atoms with van der Waals surface area (Å²) in [5.41, 5.74) is 2.45. The van der Waals surface area contributed by atoms with Gasteiger partial charge in [-0.25, -0.2) is 4.39 Å². The van der Waals surface area contributed by atoms with E-state index in [0.717, 1.165) is 38.4 Å². The summed E-state index contributed by atoms with van der Waals surface area (Å²) in [4.78, 5) is 14.3. The van der Waals surface area contributed by atoms with E-state index in [1.807, 2.05) is 12.1 Å². The molecule has 0 aliphatic carbocycles. The Hall–Kier alpha value is -2.21. The van der Waals surface area contributed by atoms with Gasteiger partial charge in [0, 0.05) is 37.8 Å². The summed E-state index contributed by atoms with van der Waals surface area (Å²) >= 11 is 5.94. The van der Waals surface area contributed by atoms with Crippen LogP contribution in [0, 0.1) is 5.82 Å². The van der Waals surface area contributed by atoms with Crippen molar-refractivity contribution < 1.29 is 13.9 Å². The standard InChI is InChI=1S/C21H22ClFN2O2/c22-19-2-1-3-20(23)18(19)8-9-21(26)24-14-16-4-6-17(7-5-16)15-25-10-12-27-13-11-25/h1-9H,10-15H2,(H,24,26)/b9-8+. The summed E-state index contributed by atoms with van der Waals surface area (Å²) in [6.07, 6.45) is 2.68. The number of morpholine rings is 1. The number of hydrogen-bond acceptors (Lipinski definition) is 3. The van der Waals surface area contributed by atoms with Crippen LogP contribution in [0.4, 0.5) is 4.39 Å². The Labute approximate surface area is 163 Å². The molecule has 0 bridgehead atoms. The molecule has 1 heterocycles. The molecule has 27 heavy (non-hydrogen) atoms. The lowest BCUT2D eigenvalue weighted by molar-refractivity contribution is -0.116. The maximum absolute atomic E-state index is 13.7. The predicted octanol–water partition coefficient (Wildman–Crippen LogP) is 3.64. The first-order valence-corrected chi connectivity index (χ1v) is 9.27. The van der Waals surface area contributed by atoms with E-state index in [0.29, 0.717) is 6.54 Å². The zero-order chi connectivity index (χ0) is 19.1. The second kappa shape index (κ2) is 9.65. The minimum absolute atomic E-state index is 0.210. The lowest BCUT2D eigenvalue weighted by atomic mass is 10.1. The summed E-state index contributed by atoms with van der Waals surface area (Å²) in [6.45, 7) is 4.80. The van der Waals surface area contributed by atoms with Crippen molar-refractivity contribution in [1.82, 2.24) is 10.2 Å². The van der Waals surface area contributed by atoms with E-state index >= 15 is 0 Å². The maximum atomic E-state index is 13.7. The first-order valence-electron chi connectivity index (χ1n) is 8.89. The van der Waals surface area contributed by atoms with Crippen molar-refractivity contribution in [3.63, 3.8) is 0 Å². The topological polar surface area (TPSA) is 41.6 Å². The Balaban J connectivity index is 1.49. The minimum Gasteiger partial charge on any atom is -0.379 e. The van der Waals surface area contributed by atoms with Gasteiger partial charge in [0.25, 0.3) is 0 Å². The zero-order valence-corrected chi connectivity index (χ0v) is 15.7. The van der Waals surface area contributed by atoms with Gasteiger partial charge < -0.3 is 10.1 Å². The molecule has 2 aromatic rings. The lowest BCUT2D eigenvalue weighted by Crippen LogP contribution is -2.35. The van der Waals surface area contributed by atoms with E-state index in [9.17, 15) is 9.18 Å². The maximum Gasteiger partial charge on any atom is 0.244 e. The fraction of sp³-hybridized carbons (Fsp3) is 0.286. The second-order valence-corrected chi connectivity index (χ2v) is 6.80. The molecule has 0 unspecified atom stereocenters. The highest BCUT2D eigenvalue weighted by Crippen LogP contribution is 2.20. The molecule has 1 saturated heterocycles. The Bertz CT molecular complexity index is 782. The fourth-order valence-corrected chi connectivity index (χ4v) is 3.08. The highest BCUT2D eigenvalue weighted by molar-refractivity contribution is 6.32. The molecule has 0 spiro atoms. The van der Waals surface area contributed by atoms with Crippen LogP contribution in [-0.2, 0) is 22.6 Å². The van der Waals surface area contributed by atoms with Crippen molar-refractivity contribution in [3.05, 3.63) is 76.1 Å². The van der Waals surface area contributed by atoms with Crippen molar-refractivity contribution in [2.45, 2.75) is 13.1 Å². The molecule has 0 radical (unpaired) electrons. The minimum atomic E-state index is -0.456. The summed E-state index contributed by atoms with van der Waals surface area (Å²) in [5, 5.41) is 3.06. The summed E-state index contributed by atoms with van der Waals surface area (Å²) in [7, 11) is 0. The Morgan fingerprint density at radius 1 is 1.15 bits per heavy atom. The number of carbonyl (C=O) groups is 1. The average molecular weight is 389 g/mol. The SMILES string of the molecule is O=C(/C=C/c1c(F)cccc1Cl)NCc1ccc(CN2CCOCC2)cc1. The van der Waals surface area contributed by atoms with Crippen LogP contribution >= 0.6 is 11.6 Å². The quantitative estimate of drug-likeness (QED) is 0.768. The van der Waals surface area contributed by atoms with E-state index in [-0.39, 0.29) is 16.5 Å². The van der Waals surface area contributed by atoms with Crippen LogP contribution in [0.5, 0.6) is 0 Å². The van der Waals surface area contributed by atoms with Gasteiger partial charge in [0.15, 0.2) is 0 Å². The Morgan fingerprint density at radius 2 is 1.85 bits per heavy atom. The molecule has 0 saturated carbocycles. The normalized spacial score (nSPS) is 15.2. The van der Waals surface area contributed by atoms with Crippen molar-refractivity contribution >= 4 is 23.6 Å². The highest BCUT2D eigenvalue weighted by Gasteiger charge is 2.10. The van der Waals surface area contributed by atoms with Gasteiger partial charge in [0.1, 0.15) is 5.82 Å². The molecule has 6 heteroatoms. The predicted molar refractivity (Wildman–Crippen MR) is 105 cm³/mol. The molecular formula is C21H22ClFN2O2. The number of rotatable bonds is 6. The van der Waals surface area contributed by atoms with Crippen LogP contribution in [0.25, 0.3) is 6.08 Å². The largest absolute Gasteiger partial charge is 0.379 e. The van der Waals surface area contributed by atoms with Crippen LogP contribution in [0.15, 0.2) is 48.5 Å². The van der Waals surface area contributed by atoms with Crippen molar-refractivity contribution in [2.75, 3.05) is 26.3 Å². The fourth-order valence-electron chi connectivity index (χ4n) is 2.86. The number of ether oxygens (including phenoxy) is 1. The van der Waals surface area contributed by atoms with Gasteiger partial charge >= 0.3 is 0 Å². The number of benzene rings is 2. The number of carbonyl (C=O) groups excluding carboxylic acids is 1. The summed E-state index contributed by atoms with van der Waals surface area (Å²) in [6, 6.07) is 12.6. The number of hydrogen-bond donors (Lipinski definition) is 1. The number of halogens is 2. The van der Waals surface area contributed by atoms with Crippen LogP contribution in [0.1, 0.15) is 16.7 Å². The molecule has 1 N–H and O–H groups in total. The smallest absolute Gasteiger partial charge is 0.244 e. The van der Waals surface area contributed by atoms with Gasteiger partial charge in [-0.3, -0.25) is 9.69 Å². The molecule has 1 aliphatic rings. The third kappa shape index (κ3) is 5.89. The van der Waals surface area contributed by atoms with Gasteiger partial charge in [-0.05, 0) is 29.3 Å². The monoisotopic (exact) mass is 388 g/mol. The molecule has 0 aromatic heterocycles. The summed E-state index contributed by atoms with van der Waals surface area (Å²) in [5.74, 6) is -0.755. The lowest BCUT2D eigenvalue weighted by Gasteiger charge is -2.26. The molecular weight excluding hydrogens is 367 g/mol. The van der Waals surface area contributed by atoms with Crippen LogP contribution in [-0.4, -0.2) is 37.1 Å². The number of amides is 1. The average Bonchev–Trinajstić information content (AvgIpc) is 2.68. The molecule has 1 fully saturated rings. The summed E-state index contributed by atoms with van der Waals surface area (Å²) < 4.78 is 19.0. The zero-order valence-electron chi connectivity index (χ0n) is 15.0. The van der Waals surface area contributed by atoms with Gasteiger partial charge in [0.2, 0.25) is 5.91 Å². The molecule has 0 atom stereocenters. The Kier molecular flexibility index (Phi) is 6.98. The van der Waals surface area contributed by atoms with Gasteiger partial charge in [0.05, 0.1) is 18.2 Å². The van der Waals surface area contributed by atoms with Crippen LogP contribution in [0.2, 0.25) is 5.02 Å². The van der Waals surface area contributed by atoms with E-state index in [1.54, 1.807) is 6.07 Å². The van der Waals surface area contributed by atoms with E-state index in [1.165, 1.54) is 29.8 Å². The first-order chi connectivity index (χ1) is 13.1. The van der Waals surface area contributed by atoms with E-state index < -0.39 is 5.82 Å².